The number of ether oxygens (including phenoxy) is 1. The Morgan fingerprint density at radius 1 is 0.762 bits per heavy atom. The second-order valence-corrected chi connectivity index (χ2v) is 4.93. The normalized spacial score (nSPS) is 10.4. The van der Waals surface area contributed by atoms with E-state index in [1.54, 1.807) is 19.5 Å². The van der Waals surface area contributed by atoms with Crippen molar-refractivity contribution in [3.8, 4) is 28.3 Å². The van der Waals surface area contributed by atoms with E-state index < -0.39 is 0 Å². The predicted molar refractivity (Wildman–Crippen MR) is 84.5 cm³/mol. The van der Waals surface area contributed by atoms with Gasteiger partial charge in [-0.3, -0.25) is 9.97 Å². The maximum absolute atomic E-state index is 5.94. The van der Waals surface area contributed by atoms with Gasteiger partial charge in [-0.15, -0.1) is 0 Å². The third-order valence-corrected chi connectivity index (χ3v) is 3.43. The fraction of sp³-hybridized carbons (Fsp3) is 0.0588. The number of methoxy groups -OCH3 is 1. The highest BCUT2D eigenvalue weighted by atomic mass is 35.5. The van der Waals surface area contributed by atoms with Crippen LogP contribution in [0.25, 0.3) is 22.5 Å². The summed E-state index contributed by atoms with van der Waals surface area (Å²) in [6.07, 6.45) is 3.38. The zero-order chi connectivity index (χ0) is 14.7. The molecule has 0 spiro atoms. The predicted octanol–water partition coefficient (Wildman–Crippen LogP) is 4.47. The number of nitrogens with zero attached hydrogens (tertiary/aromatic N) is 2. The average Bonchev–Trinajstić information content (AvgIpc) is 2.56. The summed E-state index contributed by atoms with van der Waals surface area (Å²) in [5.41, 5.74) is 3.65. The minimum Gasteiger partial charge on any atom is -0.497 e. The minimum absolute atomic E-state index is 0.702. The largest absolute Gasteiger partial charge is 0.497 e. The highest BCUT2D eigenvalue weighted by Gasteiger charge is 2.10. The van der Waals surface area contributed by atoms with E-state index in [2.05, 4.69) is 9.97 Å². The molecule has 0 N–H and O–H groups in total. The highest BCUT2D eigenvalue weighted by Crippen LogP contribution is 2.29. The first-order valence-corrected chi connectivity index (χ1v) is 6.87. The summed E-state index contributed by atoms with van der Waals surface area (Å²) in [5.74, 6) is 0.815. The van der Waals surface area contributed by atoms with Gasteiger partial charge in [0.2, 0.25) is 0 Å². The van der Waals surface area contributed by atoms with Gasteiger partial charge in [0, 0.05) is 28.5 Å². The molecule has 0 saturated heterocycles. The molecule has 0 radical (unpaired) electrons. The van der Waals surface area contributed by atoms with Crippen molar-refractivity contribution in [1.29, 1.82) is 0 Å². The van der Waals surface area contributed by atoms with Crippen LogP contribution in [0.5, 0.6) is 5.75 Å². The van der Waals surface area contributed by atoms with Gasteiger partial charge in [0.25, 0.3) is 0 Å². The summed E-state index contributed by atoms with van der Waals surface area (Å²) in [4.78, 5) is 8.93. The zero-order valence-corrected chi connectivity index (χ0v) is 12.2. The molecule has 3 rings (SSSR count). The van der Waals surface area contributed by atoms with Crippen LogP contribution in [0.1, 0.15) is 0 Å². The molecule has 4 heteroatoms. The summed E-state index contributed by atoms with van der Waals surface area (Å²) in [6, 6.07) is 15.4. The van der Waals surface area contributed by atoms with Crippen LogP contribution in [-0.4, -0.2) is 17.1 Å². The van der Waals surface area contributed by atoms with E-state index in [1.165, 1.54) is 0 Å². The molecule has 0 fully saturated rings. The molecule has 1 aromatic heterocycles. The maximum Gasteiger partial charge on any atom is 0.118 e. The van der Waals surface area contributed by atoms with E-state index in [4.69, 9.17) is 16.3 Å². The third kappa shape index (κ3) is 2.88. The third-order valence-electron chi connectivity index (χ3n) is 3.18. The number of benzene rings is 2. The maximum atomic E-state index is 5.94. The summed E-state index contributed by atoms with van der Waals surface area (Å²) < 4.78 is 5.18. The van der Waals surface area contributed by atoms with Crippen molar-refractivity contribution in [2.45, 2.75) is 0 Å². The number of rotatable bonds is 3. The first-order valence-electron chi connectivity index (χ1n) is 6.49. The van der Waals surface area contributed by atoms with Gasteiger partial charge in [-0.2, -0.15) is 0 Å². The van der Waals surface area contributed by atoms with Crippen molar-refractivity contribution in [2.24, 2.45) is 0 Å². The fourth-order valence-corrected chi connectivity index (χ4v) is 2.24. The van der Waals surface area contributed by atoms with Crippen molar-refractivity contribution in [2.75, 3.05) is 7.11 Å². The fourth-order valence-electron chi connectivity index (χ4n) is 2.12. The standard InChI is InChI=1S/C17H13ClN2O/c1-21-15-8-4-13(5-9-15)17-16(19-10-11-20-17)12-2-6-14(18)7-3-12/h2-11H,1H3. The number of aromatic nitrogens is 2. The van der Waals surface area contributed by atoms with Crippen LogP contribution >= 0.6 is 11.6 Å². The van der Waals surface area contributed by atoms with E-state index in [-0.39, 0.29) is 0 Å². The van der Waals surface area contributed by atoms with Gasteiger partial charge >= 0.3 is 0 Å². The Bertz CT molecular complexity index is 739. The first-order chi connectivity index (χ1) is 10.3. The van der Waals surface area contributed by atoms with Crippen molar-refractivity contribution in [1.82, 2.24) is 9.97 Å². The molecule has 0 saturated carbocycles. The average molecular weight is 297 g/mol. The molecular formula is C17H13ClN2O. The molecule has 0 unspecified atom stereocenters. The summed E-state index contributed by atoms with van der Waals surface area (Å²) >= 11 is 5.94. The molecular weight excluding hydrogens is 284 g/mol. The zero-order valence-electron chi connectivity index (χ0n) is 11.5. The summed E-state index contributed by atoms with van der Waals surface area (Å²) in [7, 11) is 1.65. The van der Waals surface area contributed by atoms with Crippen LogP contribution < -0.4 is 4.74 Å². The van der Waals surface area contributed by atoms with Crippen LogP contribution in [-0.2, 0) is 0 Å². The van der Waals surface area contributed by atoms with Gasteiger partial charge in [-0.25, -0.2) is 0 Å². The molecule has 0 aliphatic heterocycles. The quantitative estimate of drug-likeness (QED) is 0.715. The smallest absolute Gasteiger partial charge is 0.118 e. The second kappa shape index (κ2) is 5.94. The van der Waals surface area contributed by atoms with E-state index in [0.29, 0.717) is 5.02 Å². The van der Waals surface area contributed by atoms with Crippen molar-refractivity contribution in [3.05, 3.63) is 65.9 Å². The van der Waals surface area contributed by atoms with Gasteiger partial charge in [0.05, 0.1) is 18.5 Å². The number of hydrogen-bond acceptors (Lipinski definition) is 3. The van der Waals surface area contributed by atoms with Crippen LogP contribution in [0.2, 0.25) is 5.02 Å². The van der Waals surface area contributed by atoms with Gasteiger partial charge in [-0.05, 0) is 36.4 Å². The second-order valence-electron chi connectivity index (χ2n) is 4.49. The Labute approximate surface area is 128 Å². The molecule has 0 aliphatic rings. The molecule has 21 heavy (non-hydrogen) atoms. The van der Waals surface area contributed by atoms with Crippen LogP contribution in [0.4, 0.5) is 0 Å². The van der Waals surface area contributed by atoms with E-state index in [9.17, 15) is 0 Å². The van der Waals surface area contributed by atoms with Crippen molar-refractivity contribution in [3.63, 3.8) is 0 Å². The van der Waals surface area contributed by atoms with E-state index >= 15 is 0 Å². The summed E-state index contributed by atoms with van der Waals surface area (Å²) in [5, 5.41) is 0.702. The Balaban J connectivity index is 2.08. The van der Waals surface area contributed by atoms with Crippen molar-refractivity contribution < 1.29 is 4.74 Å². The first kappa shape index (κ1) is 13.6. The molecule has 2 aromatic carbocycles. The Kier molecular flexibility index (Phi) is 3.84. The monoisotopic (exact) mass is 296 g/mol. The molecule has 0 atom stereocenters. The Hall–Kier alpha value is -2.39. The van der Waals surface area contributed by atoms with Crippen LogP contribution in [0.3, 0.4) is 0 Å². The molecule has 1 heterocycles. The lowest BCUT2D eigenvalue weighted by molar-refractivity contribution is 0.415. The molecule has 3 nitrogen and oxygen atoms in total. The summed E-state index contributed by atoms with van der Waals surface area (Å²) in [6.45, 7) is 0. The molecule has 104 valence electrons. The SMILES string of the molecule is COc1ccc(-c2nccnc2-c2ccc(Cl)cc2)cc1. The molecule has 3 aromatic rings. The van der Waals surface area contributed by atoms with E-state index in [0.717, 1.165) is 28.3 Å². The Morgan fingerprint density at radius 2 is 1.24 bits per heavy atom. The lowest BCUT2D eigenvalue weighted by Crippen LogP contribution is -1.92. The van der Waals surface area contributed by atoms with Crippen LogP contribution in [0, 0.1) is 0 Å². The van der Waals surface area contributed by atoms with Gasteiger partial charge in [0.15, 0.2) is 0 Å². The van der Waals surface area contributed by atoms with Gasteiger partial charge in [-0.1, -0.05) is 23.7 Å². The minimum atomic E-state index is 0.702. The lowest BCUT2D eigenvalue weighted by atomic mass is 10.0. The van der Waals surface area contributed by atoms with Gasteiger partial charge in [0.1, 0.15) is 5.75 Å². The molecule has 0 bridgehead atoms. The highest BCUT2D eigenvalue weighted by molar-refractivity contribution is 6.30. The van der Waals surface area contributed by atoms with Crippen LogP contribution in [0.15, 0.2) is 60.9 Å². The van der Waals surface area contributed by atoms with Crippen molar-refractivity contribution >= 4 is 11.6 Å². The Morgan fingerprint density at radius 3 is 1.71 bits per heavy atom. The molecule has 0 aliphatic carbocycles. The number of hydrogen-bond donors (Lipinski definition) is 0. The molecule has 0 amide bonds. The van der Waals surface area contributed by atoms with E-state index in [1.807, 2.05) is 48.5 Å². The van der Waals surface area contributed by atoms with Gasteiger partial charge < -0.3 is 4.74 Å². The lowest BCUT2D eigenvalue weighted by Gasteiger charge is -2.08. The topological polar surface area (TPSA) is 35.0 Å². The number of halogens is 1.